The minimum atomic E-state index is -0.117. The van der Waals surface area contributed by atoms with E-state index < -0.39 is 0 Å². The van der Waals surface area contributed by atoms with Gasteiger partial charge in [0, 0.05) is 26.2 Å². The zero-order chi connectivity index (χ0) is 17.7. The molecule has 7 nitrogen and oxygen atoms in total. The van der Waals surface area contributed by atoms with Crippen molar-refractivity contribution in [1.82, 2.24) is 15.5 Å². The average molecular weight is 475 g/mol. The van der Waals surface area contributed by atoms with Crippen LogP contribution in [0.1, 0.15) is 12.0 Å². The Kier molecular flexibility index (Phi) is 12.0. The van der Waals surface area contributed by atoms with Crippen molar-refractivity contribution in [2.24, 2.45) is 10.7 Å². The lowest BCUT2D eigenvalue weighted by Crippen LogP contribution is -2.39. The van der Waals surface area contributed by atoms with Crippen molar-refractivity contribution in [3.8, 4) is 0 Å². The Bertz CT molecular complexity index is 536. The standard InChI is InChI=1S/C18H29N5O2.HI/c19-18(21-8-4-10-23-11-13-25-14-12-23)22-15-17(24)20-9-7-16-5-2-1-3-6-16;/h1-3,5-6H,4,7-15H2,(H,20,24)(H3,19,21,22);1H. The van der Waals surface area contributed by atoms with Crippen molar-refractivity contribution in [3.63, 3.8) is 0 Å². The minimum absolute atomic E-state index is 0. The fraction of sp³-hybridized carbons (Fsp3) is 0.556. The topological polar surface area (TPSA) is 92.0 Å². The molecule has 0 aromatic heterocycles. The minimum Gasteiger partial charge on any atom is -0.379 e. The molecule has 0 atom stereocenters. The van der Waals surface area contributed by atoms with Crippen molar-refractivity contribution in [3.05, 3.63) is 35.9 Å². The van der Waals surface area contributed by atoms with Crippen LogP contribution in [0.4, 0.5) is 0 Å². The maximum Gasteiger partial charge on any atom is 0.241 e. The highest BCUT2D eigenvalue weighted by atomic mass is 127. The summed E-state index contributed by atoms with van der Waals surface area (Å²) in [6, 6.07) is 10.1. The van der Waals surface area contributed by atoms with Crippen molar-refractivity contribution >= 4 is 35.8 Å². The van der Waals surface area contributed by atoms with E-state index in [1.165, 1.54) is 5.56 Å². The third kappa shape index (κ3) is 9.93. The molecule has 146 valence electrons. The zero-order valence-electron chi connectivity index (χ0n) is 15.2. The quantitative estimate of drug-likeness (QED) is 0.211. The highest BCUT2D eigenvalue weighted by molar-refractivity contribution is 14.0. The van der Waals surface area contributed by atoms with E-state index in [0.29, 0.717) is 12.5 Å². The molecule has 0 aliphatic carbocycles. The Balaban J connectivity index is 0.00000338. The molecule has 0 unspecified atom stereocenters. The summed E-state index contributed by atoms with van der Waals surface area (Å²) in [6.45, 7) is 6.04. The van der Waals surface area contributed by atoms with Gasteiger partial charge in [0.1, 0.15) is 6.54 Å². The zero-order valence-corrected chi connectivity index (χ0v) is 17.5. The van der Waals surface area contributed by atoms with E-state index in [1.807, 2.05) is 30.3 Å². The largest absolute Gasteiger partial charge is 0.379 e. The Hall–Kier alpha value is -1.39. The summed E-state index contributed by atoms with van der Waals surface area (Å²) < 4.78 is 5.32. The molecule has 0 spiro atoms. The van der Waals surface area contributed by atoms with Crippen LogP contribution in [0.5, 0.6) is 0 Å². The number of carbonyl (C=O) groups is 1. The molecule has 8 heteroatoms. The molecular formula is C18H30IN5O2. The number of aliphatic imine (C=N–C) groups is 1. The van der Waals surface area contributed by atoms with E-state index in [0.717, 1.165) is 52.2 Å². The van der Waals surface area contributed by atoms with E-state index in [2.05, 4.69) is 20.5 Å². The molecule has 1 heterocycles. The number of halogens is 1. The Morgan fingerprint density at radius 3 is 2.62 bits per heavy atom. The van der Waals surface area contributed by atoms with Gasteiger partial charge in [-0.25, -0.2) is 4.99 Å². The highest BCUT2D eigenvalue weighted by Gasteiger charge is 2.09. The number of hydrogen-bond donors (Lipinski definition) is 3. The highest BCUT2D eigenvalue weighted by Crippen LogP contribution is 1.98. The van der Waals surface area contributed by atoms with Crippen LogP contribution in [0, 0.1) is 0 Å². The van der Waals surface area contributed by atoms with Gasteiger partial charge in [0.25, 0.3) is 0 Å². The number of nitrogens with zero attached hydrogens (tertiary/aromatic N) is 2. The molecule has 1 aromatic rings. The second-order valence-electron chi connectivity index (χ2n) is 6.02. The van der Waals surface area contributed by atoms with Crippen LogP contribution in [0.25, 0.3) is 0 Å². The maximum atomic E-state index is 11.8. The van der Waals surface area contributed by atoms with Crippen molar-refractivity contribution in [1.29, 1.82) is 0 Å². The van der Waals surface area contributed by atoms with E-state index >= 15 is 0 Å². The summed E-state index contributed by atoms with van der Waals surface area (Å²) in [5.74, 6) is 0.203. The number of rotatable bonds is 9. The normalized spacial score (nSPS) is 15.2. The summed E-state index contributed by atoms with van der Waals surface area (Å²) >= 11 is 0. The van der Waals surface area contributed by atoms with Gasteiger partial charge in [0.2, 0.25) is 5.91 Å². The van der Waals surface area contributed by atoms with E-state index in [9.17, 15) is 4.79 Å². The molecule has 1 aliphatic heterocycles. The lowest BCUT2D eigenvalue weighted by atomic mass is 10.1. The monoisotopic (exact) mass is 475 g/mol. The van der Waals surface area contributed by atoms with Crippen molar-refractivity contribution in [2.75, 3.05) is 52.5 Å². The number of nitrogens with one attached hydrogen (secondary N) is 2. The molecule has 0 bridgehead atoms. The molecular weight excluding hydrogens is 445 g/mol. The summed E-state index contributed by atoms with van der Waals surface area (Å²) in [6.07, 6.45) is 1.80. The number of carbonyl (C=O) groups excluding carboxylic acids is 1. The van der Waals surface area contributed by atoms with Crippen LogP contribution >= 0.6 is 24.0 Å². The van der Waals surface area contributed by atoms with Gasteiger partial charge in [0.15, 0.2) is 5.96 Å². The number of amides is 1. The second kappa shape index (κ2) is 13.8. The predicted octanol–water partition coefficient (Wildman–Crippen LogP) is 0.590. The fourth-order valence-corrected chi connectivity index (χ4v) is 2.60. The maximum absolute atomic E-state index is 11.8. The lowest BCUT2D eigenvalue weighted by Gasteiger charge is -2.26. The SMILES string of the molecule is I.NC(=NCC(=O)NCCc1ccccc1)NCCCN1CCOCC1. The Morgan fingerprint density at radius 1 is 1.15 bits per heavy atom. The van der Waals surface area contributed by atoms with Gasteiger partial charge in [-0.05, 0) is 24.9 Å². The van der Waals surface area contributed by atoms with Gasteiger partial charge in [-0.2, -0.15) is 0 Å². The summed E-state index contributed by atoms with van der Waals surface area (Å²) in [5, 5.41) is 5.90. The van der Waals surface area contributed by atoms with Gasteiger partial charge >= 0.3 is 0 Å². The molecule has 1 saturated heterocycles. The number of nitrogens with two attached hydrogens (primary N) is 1. The summed E-state index contributed by atoms with van der Waals surface area (Å²) in [4.78, 5) is 18.2. The lowest BCUT2D eigenvalue weighted by molar-refractivity contribution is -0.119. The molecule has 4 N–H and O–H groups in total. The molecule has 0 saturated carbocycles. The van der Waals surface area contributed by atoms with Crippen LogP contribution < -0.4 is 16.4 Å². The first-order valence-corrected chi connectivity index (χ1v) is 8.88. The molecule has 1 aliphatic rings. The van der Waals surface area contributed by atoms with Crippen LogP contribution in [0.2, 0.25) is 0 Å². The second-order valence-corrected chi connectivity index (χ2v) is 6.02. The molecule has 26 heavy (non-hydrogen) atoms. The number of benzene rings is 1. The van der Waals surface area contributed by atoms with Gasteiger partial charge in [-0.3, -0.25) is 9.69 Å². The molecule has 2 rings (SSSR count). The number of morpholine rings is 1. The van der Waals surface area contributed by atoms with Gasteiger partial charge in [0.05, 0.1) is 13.2 Å². The third-order valence-corrected chi connectivity index (χ3v) is 4.03. The number of guanidine groups is 1. The molecule has 0 radical (unpaired) electrons. The van der Waals surface area contributed by atoms with E-state index in [4.69, 9.17) is 10.5 Å². The first kappa shape index (κ1) is 22.7. The predicted molar refractivity (Wildman–Crippen MR) is 115 cm³/mol. The summed E-state index contributed by atoms with van der Waals surface area (Å²) in [5.41, 5.74) is 6.99. The van der Waals surface area contributed by atoms with Crippen LogP contribution in [-0.4, -0.2) is 69.2 Å². The Labute approximate surface area is 172 Å². The Morgan fingerprint density at radius 2 is 1.88 bits per heavy atom. The van der Waals surface area contributed by atoms with Crippen LogP contribution in [0.3, 0.4) is 0 Å². The smallest absolute Gasteiger partial charge is 0.241 e. The molecule has 1 aromatic carbocycles. The van der Waals surface area contributed by atoms with E-state index in [-0.39, 0.29) is 36.4 Å². The third-order valence-electron chi connectivity index (χ3n) is 4.03. The molecule has 1 amide bonds. The van der Waals surface area contributed by atoms with Gasteiger partial charge in [-0.15, -0.1) is 24.0 Å². The average Bonchev–Trinajstić information content (AvgIpc) is 2.65. The van der Waals surface area contributed by atoms with Crippen LogP contribution in [-0.2, 0) is 16.0 Å². The first-order chi connectivity index (χ1) is 12.2. The van der Waals surface area contributed by atoms with Crippen molar-refractivity contribution in [2.45, 2.75) is 12.8 Å². The van der Waals surface area contributed by atoms with E-state index in [1.54, 1.807) is 0 Å². The van der Waals surface area contributed by atoms with Crippen molar-refractivity contribution < 1.29 is 9.53 Å². The molecule has 1 fully saturated rings. The van der Waals surface area contributed by atoms with Gasteiger partial charge < -0.3 is 21.1 Å². The first-order valence-electron chi connectivity index (χ1n) is 8.88. The number of hydrogen-bond acceptors (Lipinski definition) is 4. The van der Waals surface area contributed by atoms with Crippen LogP contribution in [0.15, 0.2) is 35.3 Å². The number of ether oxygens (including phenoxy) is 1. The fourth-order valence-electron chi connectivity index (χ4n) is 2.60. The van der Waals surface area contributed by atoms with Gasteiger partial charge in [-0.1, -0.05) is 30.3 Å². The summed E-state index contributed by atoms with van der Waals surface area (Å²) in [7, 11) is 0.